The smallest absolute Gasteiger partial charge is 0.226 e. The van der Waals surface area contributed by atoms with E-state index in [1.54, 1.807) is 6.07 Å². The first-order valence-electron chi connectivity index (χ1n) is 9.20. The molecule has 136 valence electrons. The van der Waals surface area contributed by atoms with Gasteiger partial charge in [0.05, 0.1) is 6.54 Å². The third kappa shape index (κ3) is 2.94. The fourth-order valence-electron chi connectivity index (χ4n) is 3.85. The quantitative estimate of drug-likeness (QED) is 0.885. The van der Waals surface area contributed by atoms with Crippen molar-refractivity contribution in [1.29, 1.82) is 0 Å². The number of carbonyl (C=O) groups excluding carboxylic acids is 1. The number of aromatic hydroxyl groups is 1. The molecule has 1 N–H and O–H groups in total. The van der Waals surface area contributed by atoms with Crippen molar-refractivity contribution in [3.05, 3.63) is 47.5 Å². The van der Waals surface area contributed by atoms with Crippen LogP contribution in [0.3, 0.4) is 0 Å². The summed E-state index contributed by atoms with van der Waals surface area (Å²) < 4.78 is 5.79. The van der Waals surface area contributed by atoms with Gasteiger partial charge in [-0.1, -0.05) is 38.1 Å². The molecule has 1 amide bonds. The molecule has 0 radical (unpaired) electrons. The molecule has 0 unspecified atom stereocenters. The third-order valence-electron chi connectivity index (χ3n) is 5.69. The fraction of sp³-hybridized carbons (Fsp3) is 0.409. The molecule has 2 aromatic rings. The maximum absolute atomic E-state index is 12.8. The lowest BCUT2D eigenvalue weighted by Crippen LogP contribution is -2.34. The average Bonchev–Trinajstić information content (AvgIpc) is 3.29. The highest BCUT2D eigenvalue weighted by atomic mass is 16.5. The number of amides is 1. The van der Waals surface area contributed by atoms with Crippen molar-refractivity contribution in [3.63, 3.8) is 0 Å². The van der Waals surface area contributed by atoms with E-state index in [1.807, 2.05) is 29.2 Å². The van der Waals surface area contributed by atoms with Crippen molar-refractivity contribution in [2.24, 2.45) is 11.3 Å². The van der Waals surface area contributed by atoms with Crippen LogP contribution in [-0.4, -0.2) is 29.1 Å². The van der Waals surface area contributed by atoms with E-state index in [1.165, 1.54) is 0 Å². The highest BCUT2D eigenvalue weighted by Crippen LogP contribution is 2.52. The second-order valence-electron chi connectivity index (χ2n) is 8.15. The number of ether oxygens (including phenoxy) is 1. The fourth-order valence-corrected chi connectivity index (χ4v) is 3.85. The second kappa shape index (κ2) is 6.04. The van der Waals surface area contributed by atoms with Gasteiger partial charge in [-0.3, -0.25) is 4.79 Å². The summed E-state index contributed by atoms with van der Waals surface area (Å²) in [5.41, 5.74) is 4.15. The Morgan fingerprint density at radius 3 is 2.69 bits per heavy atom. The van der Waals surface area contributed by atoms with Crippen LogP contribution in [0.5, 0.6) is 11.5 Å². The number of aryl methyl sites for hydroxylation is 1. The predicted octanol–water partition coefficient (Wildman–Crippen LogP) is 4.13. The molecule has 1 saturated carbocycles. The SMILES string of the molecule is Cc1ccccc1-c1cc(O)c2c(c1)CN(C(=O)[C@H]1CC1(C)C)CCO2. The third-order valence-corrected chi connectivity index (χ3v) is 5.69. The molecule has 1 aliphatic carbocycles. The summed E-state index contributed by atoms with van der Waals surface area (Å²) in [7, 11) is 0. The number of benzene rings is 2. The Bertz CT molecular complexity index is 872. The summed E-state index contributed by atoms with van der Waals surface area (Å²) in [5, 5.41) is 10.5. The van der Waals surface area contributed by atoms with E-state index in [0.717, 1.165) is 28.7 Å². The minimum absolute atomic E-state index is 0.109. The molecule has 2 aromatic carbocycles. The van der Waals surface area contributed by atoms with Gasteiger partial charge in [0.25, 0.3) is 0 Å². The molecule has 1 heterocycles. The molecule has 26 heavy (non-hydrogen) atoms. The lowest BCUT2D eigenvalue weighted by molar-refractivity contribution is -0.134. The Labute approximate surface area is 154 Å². The van der Waals surface area contributed by atoms with Crippen molar-refractivity contribution >= 4 is 5.91 Å². The van der Waals surface area contributed by atoms with Gasteiger partial charge in [-0.25, -0.2) is 0 Å². The van der Waals surface area contributed by atoms with E-state index in [4.69, 9.17) is 4.74 Å². The van der Waals surface area contributed by atoms with E-state index < -0.39 is 0 Å². The molecule has 0 spiro atoms. The summed E-state index contributed by atoms with van der Waals surface area (Å²) in [5.74, 6) is 0.957. The van der Waals surface area contributed by atoms with Gasteiger partial charge in [0, 0.05) is 18.0 Å². The van der Waals surface area contributed by atoms with Crippen LogP contribution in [0.4, 0.5) is 0 Å². The number of nitrogens with zero attached hydrogens (tertiary/aromatic N) is 1. The number of fused-ring (bicyclic) bond motifs is 1. The van der Waals surface area contributed by atoms with Crippen molar-refractivity contribution in [3.8, 4) is 22.6 Å². The van der Waals surface area contributed by atoms with Crippen LogP contribution >= 0.6 is 0 Å². The molecule has 1 fully saturated rings. The van der Waals surface area contributed by atoms with Gasteiger partial charge in [0.15, 0.2) is 11.5 Å². The van der Waals surface area contributed by atoms with Gasteiger partial charge in [-0.05, 0) is 47.6 Å². The molecular weight excluding hydrogens is 326 g/mol. The van der Waals surface area contributed by atoms with E-state index in [2.05, 4.69) is 26.8 Å². The number of hydrogen-bond donors (Lipinski definition) is 1. The molecule has 0 saturated heterocycles. The molecule has 1 atom stereocenters. The average molecular weight is 351 g/mol. The minimum atomic E-state index is 0.109. The first-order chi connectivity index (χ1) is 12.4. The first kappa shape index (κ1) is 17.0. The van der Waals surface area contributed by atoms with Crippen molar-refractivity contribution in [1.82, 2.24) is 4.90 Å². The second-order valence-corrected chi connectivity index (χ2v) is 8.15. The Hall–Kier alpha value is -2.49. The maximum Gasteiger partial charge on any atom is 0.226 e. The summed E-state index contributed by atoms with van der Waals surface area (Å²) in [6.07, 6.45) is 0.949. The zero-order valence-electron chi connectivity index (χ0n) is 15.6. The number of phenolic OH excluding ortho intramolecular Hbond substituents is 1. The van der Waals surface area contributed by atoms with Gasteiger partial charge in [-0.15, -0.1) is 0 Å². The number of rotatable bonds is 2. The summed E-state index contributed by atoms with van der Waals surface area (Å²) in [6, 6.07) is 11.9. The highest BCUT2D eigenvalue weighted by Gasteiger charge is 2.52. The van der Waals surface area contributed by atoms with Gasteiger partial charge in [0.1, 0.15) is 6.61 Å². The molecule has 1 aliphatic heterocycles. The van der Waals surface area contributed by atoms with Crippen LogP contribution in [0.15, 0.2) is 36.4 Å². The number of phenols is 1. The predicted molar refractivity (Wildman–Crippen MR) is 101 cm³/mol. The van der Waals surface area contributed by atoms with Gasteiger partial charge in [-0.2, -0.15) is 0 Å². The van der Waals surface area contributed by atoms with Crippen LogP contribution in [0, 0.1) is 18.3 Å². The Morgan fingerprint density at radius 1 is 1.27 bits per heavy atom. The normalized spacial score (nSPS) is 20.7. The van der Waals surface area contributed by atoms with Crippen molar-refractivity contribution in [2.75, 3.05) is 13.2 Å². The van der Waals surface area contributed by atoms with Crippen LogP contribution < -0.4 is 4.74 Å². The summed E-state index contributed by atoms with van der Waals surface area (Å²) in [4.78, 5) is 14.7. The molecule has 2 aliphatic rings. The number of hydrogen-bond acceptors (Lipinski definition) is 3. The molecule has 0 aromatic heterocycles. The largest absolute Gasteiger partial charge is 0.504 e. The zero-order valence-corrected chi connectivity index (χ0v) is 15.6. The minimum Gasteiger partial charge on any atom is -0.504 e. The van der Waals surface area contributed by atoms with Crippen molar-refractivity contribution < 1.29 is 14.6 Å². The van der Waals surface area contributed by atoms with Gasteiger partial charge >= 0.3 is 0 Å². The Morgan fingerprint density at radius 2 is 2.00 bits per heavy atom. The Kier molecular flexibility index (Phi) is 3.94. The zero-order chi connectivity index (χ0) is 18.5. The van der Waals surface area contributed by atoms with E-state index in [-0.39, 0.29) is 23.0 Å². The molecule has 0 bridgehead atoms. The summed E-state index contributed by atoms with van der Waals surface area (Å²) in [6.45, 7) is 7.77. The highest BCUT2D eigenvalue weighted by molar-refractivity contribution is 5.83. The van der Waals surface area contributed by atoms with Gasteiger partial charge in [0.2, 0.25) is 5.91 Å². The van der Waals surface area contributed by atoms with E-state index >= 15 is 0 Å². The monoisotopic (exact) mass is 351 g/mol. The van der Waals surface area contributed by atoms with Crippen LogP contribution in [0.1, 0.15) is 31.4 Å². The topological polar surface area (TPSA) is 49.8 Å². The first-order valence-corrected chi connectivity index (χ1v) is 9.20. The lowest BCUT2D eigenvalue weighted by atomic mass is 9.97. The van der Waals surface area contributed by atoms with Gasteiger partial charge < -0.3 is 14.7 Å². The van der Waals surface area contributed by atoms with Crippen molar-refractivity contribution in [2.45, 2.75) is 33.7 Å². The van der Waals surface area contributed by atoms with Crippen LogP contribution in [0.25, 0.3) is 11.1 Å². The lowest BCUT2D eigenvalue weighted by Gasteiger charge is -2.21. The van der Waals surface area contributed by atoms with E-state index in [9.17, 15) is 9.90 Å². The van der Waals surface area contributed by atoms with E-state index in [0.29, 0.717) is 25.4 Å². The Balaban J connectivity index is 1.68. The van der Waals surface area contributed by atoms with Crippen LogP contribution in [-0.2, 0) is 11.3 Å². The maximum atomic E-state index is 12.8. The number of carbonyl (C=O) groups is 1. The summed E-state index contributed by atoms with van der Waals surface area (Å²) >= 11 is 0. The molecule has 4 heteroatoms. The van der Waals surface area contributed by atoms with Crippen LogP contribution in [0.2, 0.25) is 0 Å². The molecular formula is C22H25NO3. The molecule has 4 nitrogen and oxygen atoms in total. The standard InChI is InChI=1S/C22H25NO3/c1-14-6-4-5-7-17(14)15-10-16-13-23(21(25)18-12-22(18,2)3)8-9-26-20(16)19(24)11-15/h4-7,10-11,18,24H,8-9,12-13H2,1-3H3/t18-/m1/s1. The molecule has 4 rings (SSSR count).